The van der Waals surface area contributed by atoms with Crippen molar-refractivity contribution in [2.45, 2.75) is 12.8 Å². The van der Waals surface area contributed by atoms with E-state index in [1.165, 1.54) is 5.56 Å². The SMILES string of the molecule is [CH2]CC1C=Nc2ccccc2C1. The van der Waals surface area contributed by atoms with E-state index < -0.39 is 0 Å². The van der Waals surface area contributed by atoms with E-state index in [-0.39, 0.29) is 0 Å². The van der Waals surface area contributed by atoms with Gasteiger partial charge in [-0.25, -0.2) is 0 Å². The first-order valence-electron chi connectivity index (χ1n) is 4.31. The Bertz CT molecular complexity index is 302. The number of benzene rings is 1. The standard InChI is InChI=1S/C11H12N/c1-2-9-7-10-5-3-4-6-11(10)12-8-9/h3-6,8-9H,1-2,7H2. The fraction of sp³-hybridized carbons (Fsp3) is 0.273. The molecule has 1 atom stereocenters. The summed E-state index contributed by atoms with van der Waals surface area (Å²) in [4.78, 5) is 4.38. The topological polar surface area (TPSA) is 12.4 Å². The average molecular weight is 158 g/mol. The number of rotatable bonds is 1. The Morgan fingerprint density at radius 2 is 2.25 bits per heavy atom. The molecule has 1 heteroatoms. The van der Waals surface area contributed by atoms with Gasteiger partial charge >= 0.3 is 0 Å². The number of para-hydroxylation sites is 1. The van der Waals surface area contributed by atoms with Crippen LogP contribution in [-0.2, 0) is 6.42 Å². The van der Waals surface area contributed by atoms with E-state index in [4.69, 9.17) is 0 Å². The molecule has 1 radical (unpaired) electrons. The quantitative estimate of drug-likeness (QED) is 0.596. The first-order chi connectivity index (χ1) is 5.90. The Morgan fingerprint density at radius 1 is 1.42 bits per heavy atom. The molecule has 1 aliphatic heterocycles. The van der Waals surface area contributed by atoms with Crippen LogP contribution in [0.15, 0.2) is 29.3 Å². The predicted octanol–water partition coefficient (Wildman–Crippen LogP) is 2.79. The van der Waals surface area contributed by atoms with Crippen molar-refractivity contribution in [3.63, 3.8) is 0 Å². The molecule has 0 spiro atoms. The highest BCUT2D eigenvalue weighted by Crippen LogP contribution is 2.26. The van der Waals surface area contributed by atoms with Crippen LogP contribution < -0.4 is 0 Å². The Hall–Kier alpha value is -1.11. The van der Waals surface area contributed by atoms with E-state index >= 15 is 0 Å². The summed E-state index contributed by atoms with van der Waals surface area (Å²) < 4.78 is 0. The van der Waals surface area contributed by atoms with Gasteiger partial charge in [-0.05, 0) is 30.4 Å². The molecule has 1 aromatic carbocycles. The van der Waals surface area contributed by atoms with Crippen LogP contribution in [0.2, 0.25) is 0 Å². The highest BCUT2D eigenvalue weighted by atomic mass is 14.7. The van der Waals surface area contributed by atoms with E-state index in [9.17, 15) is 0 Å². The molecule has 0 saturated heterocycles. The molecule has 0 bridgehead atoms. The van der Waals surface area contributed by atoms with Gasteiger partial charge in [-0.15, -0.1) is 0 Å². The molecule has 0 aromatic heterocycles. The third kappa shape index (κ3) is 1.27. The number of hydrogen-bond donors (Lipinski definition) is 0. The normalized spacial score (nSPS) is 20.6. The fourth-order valence-corrected chi connectivity index (χ4v) is 1.51. The Labute approximate surface area is 73.1 Å². The maximum absolute atomic E-state index is 4.38. The van der Waals surface area contributed by atoms with Crippen LogP contribution in [-0.4, -0.2) is 6.21 Å². The van der Waals surface area contributed by atoms with Crippen molar-refractivity contribution in [3.8, 4) is 0 Å². The van der Waals surface area contributed by atoms with Crippen LogP contribution in [0.4, 0.5) is 5.69 Å². The summed E-state index contributed by atoms with van der Waals surface area (Å²) >= 11 is 0. The molecule has 1 unspecified atom stereocenters. The van der Waals surface area contributed by atoms with Crippen molar-refractivity contribution in [3.05, 3.63) is 36.8 Å². The van der Waals surface area contributed by atoms with Gasteiger partial charge in [0.2, 0.25) is 0 Å². The van der Waals surface area contributed by atoms with Crippen molar-refractivity contribution in [1.82, 2.24) is 0 Å². The molecule has 0 N–H and O–H groups in total. The van der Waals surface area contributed by atoms with E-state index in [1.54, 1.807) is 0 Å². The number of aliphatic imine (C=N–C) groups is 1. The summed E-state index contributed by atoms with van der Waals surface area (Å²) in [5, 5.41) is 0. The largest absolute Gasteiger partial charge is 0.261 e. The van der Waals surface area contributed by atoms with E-state index in [0.717, 1.165) is 18.5 Å². The highest BCUT2D eigenvalue weighted by molar-refractivity contribution is 5.71. The smallest absolute Gasteiger partial charge is 0.0658 e. The van der Waals surface area contributed by atoms with Crippen LogP contribution in [0.5, 0.6) is 0 Å². The molecule has 1 aromatic rings. The minimum Gasteiger partial charge on any atom is -0.261 e. The lowest BCUT2D eigenvalue weighted by atomic mass is 9.94. The van der Waals surface area contributed by atoms with Crippen molar-refractivity contribution in [2.24, 2.45) is 10.9 Å². The van der Waals surface area contributed by atoms with Crippen molar-refractivity contribution in [1.29, 1.82) is 0 Å². The third-order valence-corrected chi connectivity index (χ3v) is 2.27. The molecule has 1 heterocycles. The van der Waals surface area contributed by atoms with Gasteiger partial charge in [0.25, 0.3) is 0 Å². The van der Waals surface area contributed by atoms with Crippen molar-refractivity contribution >= 4 is 11.9 Å². The predicted molar refractivity (Wildman–Crippen MR) is 51.8 cm³/mol. The van der Waals surface area contributed by atoms with Crippen LogP contribution in [0.3, 0.4) is 0 Å². The molecule has 61 valence electrons. The van der Waals surface area contributed by atoms with Gasteiger partial charge in [0.1, 0.15) is 0 Å². The number of nitrogens with zero attached hydrogens (tertiary/aromatic N) is 1. The van der Waals surface area contributed by atoms with Crippen LogP contribution in [0.1, 0.15) is 12.0 Å². The third-order valence-electron chi connectivity index (χ3n) is 2.27. The second-order valence-corrected chi connectivity index (χ2v) is 3.16. The molecular weight excluding hydrogens is 146 g/mol. The van der Waals surface area contributed by atoms with Gasteiger partial charge < -0.3 is 0 Å². The van der Waals surface area contributed by atoms with Crippen molar-refractivity contribution in [2.75, 3.05) is 0 Å². The summed E-state index contributed by atoms with van der Waals surface area (Å²) in [6.07, 6.45) is 4.07. The molecule has 1 aliphatic rings. The van der Waals surface area contributed by atoms with Crippen LogP contribution in [0, 0.1) is 12.8 Å². The monoisotopic (exact) mass is 158 g/mol. The molecule has 0 fully saturated rings. The van der Waals surface area contributed by atoms with E-state index in [2.05, 4.69) is 30.1 Å². The minimum absolute atomic E-state index is 0.542. The van der Waals surface area contributed by atoms with Gasteiger partial charge in [0.15, 0.2) is 0 Å². The molecule has 12 heavy (non-hydrogen) atoms. The lowest BCUT2D eigenvalue weighted by molar-refractivity contribution is 0.702. The number of fused-ring (bicyclic) bond motifs is 1. The zero-order valence-corrected chi connectivity index (χ0v) is 7.03. The first kappa shape index (κ1) is 7.53. The van der Waals surface area contributed by atoms with E-state index in [1.807, 2.05) is 12.3 Å². The summed E-state index contributed by atoms with van der Waals surface area (Å²) in [7, 11) is 0. The maximum atomic E-state index is 4.38. The van der Waals surface area contributed by atoms with Gasteiger partial charge in [-0.3, -0.25) is 4.99 Å². The Balaban J connectivity index is 2.33. The number of hydrogen-bond acceptors (Lipinski definition) is 1. The van der Waals surface area contributed by atoms with Gasteiger partial charge in [0.05, 0.1) is 5.69 Å². The lowest BCUT2D eigenvalue weighted by Gasteiger charge is -2.16. The average Bonchev–Trinajstić information content (AvgIpc) is 2.17. The van der Waals surface area contributed by atoms with Gasteiger partial charge in [0, 0.05) is 6.21 Å². The van der Waals surface area contributed by atoms with Crippen LogP contribution >= 0.6 is 0 Å². The van der Waals surface area contributed by atoms with Gasteiger partial charge in [-0.2, -0.15) is 0 Å². The molecule has 0 saturated carbocycles. The maximum Gasteiger partial charge on any atom is 0.0658 e. The summed E-state index contributed by atoms with van der Waals surface area (Å²) in [6.45, 7) is 3.89. The second kappa shape index (κ2) is 3.10. The van der Waals surface area contributed by atoms with E-state index in [0.29, 0.717) is 5.92 Å². The minimum atomic E-state index is 0.542. The van der Waals surface area contributed by atoms with Gasteiger partial charge in [-0.1, -0.05) is 25.1 Å². The molecular formula is C11H12N. The zero-order valence-electron chi connectivity index (χ0n) is 7.03. The molecule has 0 amide bonds. The summed E-state index contributed by atoms with van der Waals surface area (Å²) in [6, 6.07) is 8.31. The molecule has 0 aliphatic carbocycles. The van der Waals surface area contributed by atoms with Crippen molar-refractivity contribution < 1.29 is 0 Å². The zero-order chi connectivity index (χ0) is 8.39. The first-order valence-corrected chi connectivity index (χ1v) is 4.31. The summed E-state index contributed by atoms with van der Waals surface area (Å²) in [5.41, 5.74) is 2.48. The van der Waals surface area contributed by atoms with Crippen LogP contribution in [0.25, 0.3) is 0 Å². The molecule has 1 nitrogen and oxygen atoms in total. The lowest BCUT2D eigenvalue weighted by Crippen LogP contribution is -2.08. The second-order valence-electron chi connectivity index (χ2n) is 3.16. The Morgan fingerprint density at radius 3 is 3.08 bits per heavy atom. The highest BCUT2D eigenvalue weighted by Gasteiger charge is 2.11. The summed E-state index contributed by atoms with van der Waals surface area (Å²) in [5.74, 6) is 0.542. The molecule has 2 rings (SSSR count). The Kier molecular flexibility index (Phi) is 1.94. The fourth-order valence-electron chi connectivity index (χ4n) is 1.51.